The van der Waals surface area contributed by atoms with Gasteiger partial charge in [0.1, 0.15) is 0 Å². The first kappa shape index (κ1) is 13.2. The van der Waals surface area contributed by atoms with Crippen molar-refractivity contribution in [2.45, 2.75) is 37.8 Å². The van der Waals surface area contributed by atoms with Gasteiger partial charge in [0.25, 0.3) is 0 Å². The molecular weight excluding hydrogens is 250 g/mol. The highest BCUT2D eigenvalue weighted by molar-refractivity contribution is 6.33. The number of amides is 1. The van der Waals surface area contributed by atoms with Gasteiger partial charge in [-0.25, -0.2) is 0 Å². The molecule has 2 rings (SSSR count). The maximum Gasteiger partial charge on any atom is 0.250 e. The van der Waals surface area contributed by atoms with Crippen LogP contribution < -0.4 is 16.8 Å². The topological polar surface area (TPSA) is 81.1 Å². The third-order valence-corrected chi connectivity index (χ3v) is 3.70. The fourth-order valence-corrected chi connectivity index (χ4v) is 2.51. The molecule has 0 unspecified atom stereocenters. The van der Waals surface area contributed by atoms with Gasteiger partial charge in [-0.15, -0.1) is 0 Å². The van der Waals surface area contributed by atoms with Gasteiger partial charge in [-0.3, -0.25) is 4.79 Å². The predicted octanol–water partition coefficient (Wildman–Crippen LogP) is 2.12. The number of nitrogens with two attached hydrogens (primary N) is 2. The Balaban J connectivity index is 2.05. The van der Waals surface area contributed by atoms with E-state index < -0.39 is 5.91 Å². The molecular formula is C13H18ClN3O. The molecule has 1 aromatic carbocycles. The second kappa shape index (κ2) is 5.59. The summed E-state index contributed by atoms with van der Waals surface area (Å²) in [5.41, 5.74) is 12.4. The van der Waals surface area contributed by atoms with Crippen molar-refractivity contribution in [3.05, 3.63) is 28.8 Å². The maximum atomic E-state index is 11.2. The van der Waals surface area contributed by atoms with E-state index in [9.17, 15) is 4.79 Å². The molecule has 1 aliphatic carbocycles. The molecule has 1 fully saturated rings. The van der Waals surface area contributed by atoms with Crippen molar-refractivity contribution in [2.24, 2.45) is 11.5 Å². The highest BCUT2D eigenvalue weighted by Gasteiger charge is 2.18. The van der Waals surface area contributed by atoms with Gasteiger partial charge in [0.15, 0.2) is 0 Å². The molecule has 0 atom stereocenters. The van der Waals surface area contributed by atoms with E-state index in [1.165, 1.54) is 0 Å². The van der Waals surface area contributed by atoms with Crippen molar-refractivity contribution in [3.63, 3.8) is 0 Å². The van der Waals surface area contributed by atoms with Crippen LogP contribution >= 0.6 is 11.6 Å². The van der Waals surface area contributed by atoms with Crippen LogP contribution in [0.3, 0.4) is 0 Å². The van der Waals surface area contributed by atoms with Gasteiger partial charge < -0.3 is 16.8 Å². The van der Waals surface area contributed by atoms with E-state index in [0.717, 1.165) is 31.4 Å². The molecule has 1 saturated carbocycles. The Morgan fingerprint density at radius 3 is 2.56 bits per heavy atom. The first-order chi connectivity index (χ1) is 8.56. The summed E-state index contributed by atoms with van der Waals surface area (Å²) in [7, 11) is 0. The quantitative estimate of drug-likeness (QED) is 0.785. The number of carbonyl (C=O) groups excluding carboxylic acids is 1. The highest BCUT2D eigenvalue weighted by atomic mass is 35.5. The molecule has 98 valence electrons. The number of rotatable bonds is 3. The first-order valence-electron chi connectivity index (χ1n) is 6.17. The Bertz CT molecular complexity index is 442. The Morgan fingerprint density at radius 1 is 1.28 bits per heavy atom. The number of hydrogen-bond donors (Lipinski definition) is 3. The van der Waals surface area contributed by atoms with Gasteiger partial charge in [0.05, 0.1) is 10.6 Å². The Morgan fingerprint density at radius 2 is 1.94 bits per heavy atom. The lowest BCUT2D eigenvalue weighted by Gasteiger charge is -2.27. The normalized spacial score (nSPS) is 23.7. The van der Waals surface area contributed by atoms with Gasteiger partial charge in [-0.05, 0) is 43.9 Å². The first-order valence-corrected chi connectivity index (χ1v) is 6.55. The zero-order valence-corrected chi connectivity index (χ0v) is 10.9. The summed E-state index contributed by atoms with van der Waals surface area (Å²) in [5.74, 6) is -0.505. The van der Waals surface area contributed by atoms with E-state index in [1.54, 1.807) is 12.1 Å². The van der Waals surface area contributed by atoms with Gasteiger partial charge in [-0.1, -0.05) is 11.6 Å². The summed E-state index contributed by atoms with van der Waals surface area (Å²) in [6, 6.07) is 6.00. The molecule has 0 heterocycles. The SMILES string of the molecule is NC(=O)c1cc(NC2CCC(N)CC2)ccc1Cl. The molecule has 18 heavy (non-hydrogen) atoms. The zero-order chi connectivity index (χ0) is 13.1. The average Bonchev–Trinajstić information content (AvgIpc) is 2.34. The van der Waals surface area contributed by atoms with Crippen molar-refractivity contribution >= 4 is 23.2 Å². The number of primary amides is 1. The third kappa shape index (κ3) is 3.15. The molecule has 1 aliphatic rings. The average molecular weight is 268 g/mol. The molecule has 0 saturated heterocycles. The molecule has 5 N–H and O–H groups in total. The molecule has 0 aromatic heterocycles. The molecule has 0 bridgehead atoms. The number of hydrogen-bond acceptors (Lipinski definition) is 3. The molecule has 0 aliphatic heterocycles. The van der Waals surface area contributed by atoms with E-state index in [2.05, 4.69) is 5.32 Å². The second-order valence-electron chi connectivity index (χ2n) is 4.81. The standard InChI is InChI=1S/C13H18ClN3O/c14-12-6-5-10(7-11(12)13(16)18)17-9-3-1-8(15)2-4-9/h5-9,17H,1-4,15H2,(H2,16,18). The number of anilines is 1. The number of halogens is 1. The van der Waals surface area contributed by atoms with Gasteiger partial charge in [0.2, 0.25) is 5.91 Å². The van der Waals surface area contributed by atoms with E-state index in [4.69, 9.17) is 23.1 Å². The van der Waals surface area contributed by atoms with Gasteiger partial charge >= 0.3 is 0 Å². The summed E-state index contributed by atoms with van der Waals surface area (Å²) >= 11 is 5.91. The van der Waals surface area contributed by atoms with Crippen LogP contribution in [-0.4, -0.2) is 18.0 Å². The van der Waals surface area contributed by atoms with E-state index in [-0.39, 0.29) is 0 Å². The Hall–Kier alpha value is -1.26. The summed E-state index contributed by atoms with van der Waals surface area (Å²) in [6.07, 6.45) is 4.17. The van der Waals surface area contributed by atoms with Crippen LogP contribution in [0.25, 0.3) is 0 Å². The number of benzene rings is 1. The van der Waals surface area contributed by atoms with Gasteiger partial charge in [-0.2, -0.15) is 0 Å². The molecule has 5 heteroatoms. The van der Waals surface area contributed by atoms with Gasteiger partial charge in [0, 0.05) is 17.8 Å². The summed E-state index contributed by atoms with van der Waals surface area (Å²) in [4.78, 5) is 11.2. The van der Waals surface area contributed by atoms with Crippen LogP contribution in [-0.2, 0) is 0 Å². The summed E-state index contributed by atoms with van der Waals surface area (Å²) < 4.78 is 0. The number of carbonyl (C=O) groups is 1. The molecule has 4 nitrogen and oxygen atoms in total. The van der Waals surface area contributed by atoms with Crippen molar-refractivity contribution in [3.8, 4) is 0 Å². The lowest BCUT2D eigenvalue weighted by molar-refractivity contribution is 0.100. The maximum absolute atomic E-state index is 11.2. The van der Waals surface area contributed by atoms with Crippen LogP contribution in [0, 0.1) is 0 Å². The van der Waals surface area contributed by atoms with Crippen LogP contribution in [0.4, 0.5) is 5.69 Å². The fourth-order valence-electron chi connectivity index (χ4n) is 2.30. The van der Waals surface area contributed by atoms with E-state index >= 15 is 0 Å². The third-order valence-electron chi connectivity index (χ3n) is 3.37. The minimum absolute atomic E-state index is 0.328. The second-order valence-corrected chi connectivity index (χ2v) is 5.22. The summed E-state index contributed by atoms with van der Waals surface area (Å²) in [6.45, 7) is 0. The van der Waals surface area contributed by atoms with Crippen LogP contribution in [0.5, 0.6) is 0 Å². The van der Waals surface area contributed by atoms with Crippen molar-refractivity contribution in [1.29, 1.82) is 0 Å². The van der Waals surface area contributed by atoms with Crippen LogP contribution in [0.2, 0.25) is 5.02 Å². The lowest BCUT2D eigenvalue weighted by atomic mass is 9.91. The van der Waals surface area contributed by atoms with E-state index in [1.807, 2.05) is 6.07 Å². The smallest absolute Gasteiger partial charge is 0.250 e. The Kier molecular flexibility index (Phi) is 4.09. The van der Waals surface area contributed by atoms with E-state index in [0.29, 0.717) is 22.7 Å². The lowest BCUT2D eigenvalue weighted by Crippen LogP contribution is -2.32. The number of nitrogens with one attached hydrogen (secondary N) is 1. The molecule has 1 aromatic rings. The minimum Gasteiger partial charge on any atom is -0.382 e. The fraction of sp³-hybridized carbons (Fsp3) is 0.462. The minimum atomic E-state index is -0.505. The monoisotopic (exact) mass is 267 g/mol. The van der Waals surface area contributed by atoms with Crippen molar-refractivity contribution in [2.75, 3.05) is 5.32 Å². The summed E-state index contributed by atoms with van der Waals surface area (Å²) in [5, 5.41) is 3.79. The van der Waals surface area contributed by atoms with Crippen molar-refractivity contribution in [1.82, 2.24) is 0 Å². The molecule has 1 amide bonds. The Labute approximate surface area is 112 Å². The van der Waals surface area contributed by atoms with Crippen LogP contribution in [0.1, 0.15) is 36.0 Å². The predicted molar refractivity (Wildman–Crippen MR) is 73.8 cm³/mol. The molecule has 0 radical (unpaired) electrons. The highest BCUT2D eigenvalue weighted by Crippen LogP contribution is 2.24. The largest absolute Gasteiger partial charge is 0.382 e. The van der Waals surface area contributed by atoms with Crippen molar-refractivity contribution < 1.29 is 4.79 Å². The zero-order valence-electron chi connectivity index (χ0n) is 10.2. The van der Waals surface area contributed by atoms with Crippen LogP contribution in [0.15, 0.2) is 18.2 Å². The molecule has 0 spiro atoms.